The Labute approximate surface area is 179 Å². The van der Waals surface area contributed by atoms with E-state index in [0.29, 0.717) is 19.2 Å². The molecule has 30 heavy (non-hydrogen) atoms. The minimum absolute atomic E-state index is 0.316. The maximum absolute atomic E-state index is 5.59. The predicted octanol–water partition coefficient (Wildman–Crippen LogP) is 3.05. The molecule has 0 saturated carbocycles. The Morgan fingerprint density at radius 1 is 1.10 bits per heavy atom. The van der Waals surface area contributed by atoms with Gasteiger partial charge in [-0.3, -0.25) is 4.99 Å². The molecule has 0 radical (unpaired) electrons. The lowest BCUT2D eigenvalue weighted by atomic mass is 10.2. The first-order valence-electron chi connectivity index (χ1n) is 10.3. The van der Waals surface area contributed by atoms with Crippen LogP contribution in [-0.4, -0.2) is 53.0 Å². The standard InChI is InChI=1S/C23H32N4O3/c1-5-30-21-11-10-17(14-22(21)29-4)15-25-23(24-2)26-18-12-13-27(16-18)19-8-6-7-9-20(19)28-3/h6-11,14,18H,5,12-13,15-16H2,1-4H3,(H2,24,25,26). The molecule has 0 amide bonds. The Hall–Kier alpha value is -3.09. The molecule has 1 heterocycles. The van der Waals surface area contributed by atoms with Gasteiger partial charge in [0.2, 0.25) is 0 Å². The Kier molecular flexibility index (Phi) is 7.65. The molecule has 0 bridgehead atoms. The minimum atomic E-state index is 0.316. The molecular formula is C23H32N4O3. The maximum Gasteiger partial charge on any atom is 0.191 e. The zero-order valence-corrected chi connectivity index (χ0v) is 18.3. The van der Waals surface area contributed by atoms with Crippen LogP contribution in [0.5, 0.6) is 17.2 Å². The number of nitrogens with zero attached hydrogens (tertiary/aromatic N) is 2. The summed E-state index contributed by atoms with van der Waals surface area (Å²) in [6.07, 6.45) is 1.04. The first kappa shape index (κ1) is 21.6. The van der Waals surface area contributed by atoms with E-state index < -0.39 is 0 Å². The van der Waals surface area contributed by atoms with Crippen LogP contribution < -0.4 is 29.7 Å². The van der Waals surface area contributed by atoms with Crippen LogP contribution in [-0.2, 0) is 6.54 Å². The van der Waals surface area contributed by atoms with Crippen LogP contribution in [0.2, 0.25) is 0 Å². The second-order valence-corrected chi connectivity index (χ2v) is 7.09. The minimum Gasteiger partial charge on any atom is -0.495 e. The molecule has 3 rings (SSSR count). The zero-order chi connectivity index (χ0) is 21.3. The molecule has 1 aliphatic rings. The summed E-state index contributed by atoms with van der Waals surface area (Å²) in [5.41, 5.74) is 2.23. The number of anilines is 1. The summed E-state index contributed by atoms with van der Waals surface area (Å²) in [5.74, 6) is 3.19. The van der Waals surface area contributed by atoms with Gasteiger partial charge in [-0.05, 0) is 43.2 Å². The predicted molar refractivity (Wildman–Crippen MR) is 121 cm³/mol. The normalized spacial score (nSPS) is 16.3. The molecule has 1 aliphatic heterocycles. The highest BCUT2D eigenvalue weighted by atomic mass is 16.5. The summed E-state index contributed by atoms with van der Waals surface area (Å²) in [6.45, 7) is 5.09. The third kappa shape index (κ3) is 5.28. The lowest BCUT2D eigenvalue weighted by Crippen LogP contribution is -2.44. The number of para-hydroxylation sites is 2. The number of methoxy groups -OCH3 is 2. The number of ether oxygens (including phenoxy) is 3. The number of hydrogen-bond donors (Lipinski definition) is 2. The Balaban J connectivity index is 1.55. The van der Waals surface area contributed by atoms with E-state index in [1.54, 1.807) is 21.3 Å². The van der Waals surface area contributed by atoms with E-state index in [1.165, 1.54) is 0 Å². The summed E-state index contributed by atoms with van der Waals surface area (Å²) >= 11 is 0. The fraction of sp³-hybridized carbons (Fsp3) is 0.435. The molecule has 0 spiro atoms. The van der Waals surface area contributed by atoms with Gasteiger partial charge in [0, 0.05) is 32.7 Å². The van der Waals surface area contributed by atoms with Crippen molar-refractivity contribution in [3.8, 4) is 17.2 Å². The van der Waals surface area contributed by atoms with Gasteiger partial charge in [-0.2, -0.15) is 0 Å². The topological polar surface area (TPSA) is 67.4 Å². The smallest absolute Gasteiger partial charge is 0.191 e. The van der Waals surface area contributed by atoms with Crippen LogP contribution in [0.25, 0.3) is 0 Å². The summed E-state index contributed by atoms with van der Waals surface area (Å²) < 4.78 is 16.5. The fourth-order valence-corrected chi connectivity index (χ4v) is 3.66. The molecule has 1 saturated heterocycles. The lowest BCUT2D eigenvalue weighted by Gasteiger charge is -2.22. The van der Waals surface area contributed by atoms with Crippen molar-refractivity contribution in [2.24, 2.45) is 4.99 Å². The van der Waals surface area contributed by atoms with Crippen LogP contribution in [0, 0.1) is 0 Å². The fourth-order valence-electron chi connectivity index (χ4n) is 3.66. The van der Waals surface area contributed by atoms with Crippen LogP contribution >= 0.6 is 0 Å². The average Bonchev–Trinajstić information content (AvgIpc) is 3.25. The lowest BCUT2D eigenvalue weighted by molar-refractivity contribution is 0.310. The van der Waals surface area contributed by atoms with E-state index in [1.807, 2.05) is 43.3 Å². The molecule has 162 valence electrons. The average molecular weight is 413 g/mol. The van der Waals surface area contributed by atoms with E-state index in [9.17, 15) is 0 Å². The van der Waals surface area contributed by atoms with E-state index in [0.717, 1.165) is 54.0 Å². The number of benzene rings is 2. The maximum atomic E-state index is 5.59. The van der Waals surface area contributed by atoms with Crippen LogP contribution in [0.3, 0.4) is 0 Å². The van der Waals surface area contributed by atoms with Gasteiger partial charge >= 0.3 is 0 Å². The van der Waals surface area contributed by atoms with Gasteiger partial charge in [0.05, 0.1) is 26.5 Å². The molecule has 0 aliphatic carbocycles. The monoisotopic (exact) mass is 412 g/mol. The molecule has 2 N–H and O–H groups in total. The van der Waals surface area contributed by atoms with Crippen molar-refractivity contribution in [3.05, 3.63) is 48.0 Å². The van der Waals surface area contributed by atoms with Crippen molar-refractivity contribution in [3.63, 3.8) is 0 Å². The molecule has 0 aromatic heterocycles. The van der Waals surface area contributed by atoms with Crippen molar-refractivity contribution in [2.45, 2.75) is 25.9 Å². The second-order valence-electron chi connectivity index (χ2n) is 7.09. The number of hydrogen-bond acceptors (Lipinski definition) is 5. The van der Waals surface area contributed by atoms with Crippen molar-refractivity contribution in [2.75, 3.05) is 45.9 Å². The summed E-state index contributed by atoms with van der Waals surface area (Å²) in [5, 5.41) is 6.93. The van der Waals surface area contributed by atoms with Crippen molar-refractivity contribution in [1.82, 2.24) is 10.6 Å². The molecule has 7 heteroatoms. The van der Waals surface area contributed by atoms with Gasteiger partial charge in [0.25, 0.3) is 0 Å². The molecular weight excluding hydrogens is 380 g/mol. The van der Waals surface area contributed by atoms with Crippen LogP contribution in [0.4, 0.5) is 5.69 Å². The Morgan fingerprint density at radius 3 is 2.63 bits per heavy atom. The highest BCUT2D eigenvalue weighted by Gasteiger charge is 2.25. The summed E-state index contributed by atoms with van der Waals surface area (Å²) in [4.78, 5) is 6.73. The van der Waals surface area contributed by atoms with Gasteiger partial charge in [0.1, 0.15) is 5.75 Å². The Bertz CT molecular complexity index is 856. The highest BCUT2D eigenvalue weighted by Crippen LogP contribution is 2.30. The van der Waals surface area contributed by atoms with E-state index in [2.05, 4.69) is 26.6 Å². The van der Waals surface area contributed by atoms with Gasteiger partial charge in [-0.15, -0.1) is 0 Å². The number of aliphatic imine (C=N–C) groups is 1. The van der Waals surface area contributed by atoms with Crippen LogP contribution in [0.1, 0.15) is 18.9 Å². The van der Waals surface area contributed by atoms with Gasteiger partial charge in [-0.1, -0.05) is 18.2 Å². The molecule has 1 unspecified atom stereocenters. The van der Waals surface area contributed by atoms with E-state index >= 15 is 0 Å². The van der Waals surface area contributed by atoms with Crippen molar-refractivity contribution >= 4 is 11.6 Å². The third-order valence-electron chi connectivity index (χ3n) is 5.17. The number of nitrogens with one attached hydrogen (secondary N) is 2. The summed E-state index contributed by atoms with van der Waals surface area (Å²) in [6, 6.07) is 14.4. The van der Waals surface area contributed by atoms with Gasteiger partial charge < -0.3 is 29.7 Å². The highest BCUT2D eigenvalue weighted by molar-refractivity contribution is 5.80. The molecule has 1 atom stereocenters. The van der Waals surface area contributed by atoms with Crippen molar-refractivity contribution < 1.29 is 14.2 Å². The van der Waals surface area contributed by atoms with E-state index in [4.69, 9.17) is 14.2 Å². The van der Waals surface area contributed by atoms with E-state index in [-0.39, 0.29) is 0 Å². The first-order chi connectivity index (χ1) is 14.7. The summed E-state index contributed by atoms with van der Waals surface area (Å²) in [7, 11) is 5.16. The number of rotatable bonds is 8. The largest absolute Gasteiger partial charge is 0.495 e. The first-order valence-corrected chi connectivity index (χ1v) is 10.3. The SMILES string of the molecule is CCOc1ccc(CNC(=NC)NC2CCN(c3ccccc3OC)C2)cc1OC. The number of guanidine groups is 1. The quantitative estimate of drug-likeness (QED) is 0.513. The third-order valence-corrected chi connectivity index (χ3v) is 5.17. The zero-order valence-electron chi connectivity index (χ0n) is 18.3. The Morgan fingerprint density at radius 2 is 1.90 bits per heavy atom. The second kappa shape index (κ2) is 10.6. The van der Waals surface area contributed by atoms with Crippen LogP contribution in [0.15, 0.2) is 47.5 Å². The van der Waals surface area contributed by atoms with Gasteiger partial charge in [0.15, 0.2) is 17.5 Å². The van der Waals surface area contributed by atoms with Crippen molar-refractivity contribution in [1.29, 1.82) is 0 Å². The molecule has 7 nitrogen and oxygen atoms in total. The molecule has 2 aromatic carbocycles. The molecule has 1 fully saturated rings. The molecule has 2 aromatic rings. The van der Waals surface area contributed by atoms with Gasteiger partial charge in [-0.25, -0.2) is 0 Å².